The summed E-state index contributed by atoms with van der Waals surface area (Å²) in [5.74, 6) is 0. The molecule has 1 aromatic heterocycles. The average molecular weight is 414 g/mol. The highest BCUT2D eigenvalue weighted by Gasteiger charge is 2.27. The first-order valence-corrected chi connectivity index (χ1v) is 12.3. The molecular weight excluding hydrogens is 382 g/mol. The topological polar surface area (TPSA) is 53.5 Å². The number of benzene rings is 1. The molecule has 0 radical (unpaired) electrons. The van der Waals surface area contributed by atoms with Gasteiger partial charge in [0.15, 0.2) is 0 Å². The molecule has 4 rings (SSSR count). The van der Waals surface area contributed by atoms with Gasteiger partial charge in [-0.1, -0.05) is 31.4 Å². The number of nitrogens with zero attached hydrogens (tertiary/aromatic N) is 3. The van der Waals surface area contributed by atoms with E-state index in [1.54, 1.807) is 30.5 Å². The molecule has 2 aliphatic rings. The van der Waals surface area contributed by atoms with E-state index in [9.17, 15) is 8.42 Å². The van der Waals surface area contributed by atoms with E-state index in [4.69, 9.17) is 0 Å². The third-order valence-electron chi connectivity index (χ3n) is 6.61. The van der Waals surface area contributed by atoms with Crippen molar-refractivity contribution in [3.05, 3.63) is 54.4 Å². The zero-order chi connectivity index (χ0) is 20.3. The lowest BCUT2D eigenvalue weighted by molar-refractivity contribution is 0.0602. The van der Waals surface area contributed by atoms with Gasteiger partial charge in [-0.15, -0.1) is 0 Å². The van der Waals surface area contributed by atoms with Crippen molar-refractivity contribution < 1.29 is 8.42 Å². The van der Waals surface area contributed by atoms with Gasteiger partial charge < -0.3 is 0 Å². The van der Waals surface area contributed by atoms with Gasteiger partial charge in [0, 0.05) is 50.7 Å². The highest BCUT2D eigenvalue weighted by molar-refractivity contribution is 7.91. The van der Waals surface area contributed by atoms with Crippen LogP contribution in [0, 0.1) is 0 Å². The maximum Gasteiger partial charge on any atom is 0.208 e. The molecule has 1 aromatic carbocycles. The second-order valence-electron chi connectivity index (χ2n) is 8.30. The lowest BCUT2D eigenvalue weighted by Gasteiger charge is -2.42. The summed E-state index contributed by atoms with van der Waals surface area (Å²) in [6.45, 7) is 6.66. The molecule has 5 nitrogen and oxygen atoms in total. The maximum atomic E-state index is 12.7. The fraction of sp³-hybridized carbons (Fsp3) is 0.522. The van der Waals surface area contributed by atoms with Crippen LogP contribution >= 0.6 is 0 Å². The number of rotatable bonds is 5. The van der Waals surface area contributed by atoms with E-state index in [0.717, 1.165) is 32.2 Å². The molecule has 0 spiro atoms. The van der Waals surface area contributed by atoms with E-state index in [2.05, 4.69) is 21.7 Å². The van der Waals surface area contributed by atoms with Crippen molar-refractivity contribution in [2.45, 2.75) is 60.9 Å². The molecule has 2 heterocycles. The van der Waals surface area contributed by atoms with Crippen LogP contribution in [-0.2, 0) is 9.84 Å². The predicted molar refractivity (Wildman–Crippen MR) is 115 cm³/mol. The first kappa shape index (κ1) is 20.5. The number of sulfone groups is 1. The molecule has 1 unspecified atom stereocenters. The van der Waals surface area contributed by atoms with Crippen LogP contribution in [0.1, 0.15) is 50.6 Å². The number of piperazine rings is 1. The number of hydrogen-bond acceptors (Lipinski definition) is 5. The number of pyridine rings is 1. The fourth-order valence-corrected chi connectivity index (χ4v) is 5.94. The molecular formula is C23H31N3O2S. The van der Waals surface area contributed by atoms with Crippen LogP contribution in [0.25, 0.3) is 0 Å². The Morgan fingerprint density at radius 1 is 0.931 bits per heavy atom. The van der Waals surface area contributed by atoms with Gasteiger partial charge in [0.25, 0.3) is 0 Å². The summed E-state index contributed by atoms with van der Waals surface area (Å²) in [6.07, 6.45) is 9.88. The highest BCUT2D eigenvalue weighted by atomic mass is 32.2. The molecule has 1 atom stereocenters. The average Bonchev–Trinajstić information content (AvgIpc) is 2.80. The second-order valence-corrected chi connectivity index (χ2v) is 10.3. The smallest absolute Gasteiger partial charge is 0.208 e. The summed E-state index contributed by atoms with van der Waals surface area (Å²) >= 11 is 0. The SMILES string of the molecule is CC(c1ccc(S(=O)(=O)c2cccnc2)cc1)N1CCN(C2CCCCC2)CC1. The Morgan fingerprint density at radius 2 is 1.62 bits per heavy atom. The summed E-state index contributed by atoms with van der Waals surface area (Å²) in [5, 5.41) is 0. The molecule has 156 valence electrons. The van der Waals surface area contributed by atoms with Crippen molar-refractivity contribution >= 4 is 9.84 Å². The Morgan fingerprint density at radius 3 is 2.24 bits per heavy atom. The minimum atomic E-state index is -3.51. The van der Waals surface area contributed by atoms with Crippen molar-refractivity contribution in [1.29, 1.82) is 0 Å². The Hall–Kier alpha value is -1.76. The van der Waals surface area contributed by atoms with Gasteiger partial charge in [-0.3, -0.25) is 14.8 Å². The van der Waals surface area contributed by atoms with Gasteiger partial charge in [0.05, 0.1) is 9.79 Å². The van der Waals surface area contributed by atoms with Crippen LogP contribution in [0.4, 0.5) is 0 Å². The normalized spacial score (nSPS) is 21.1. The highest BCUT2D eigenvalue weighted by Crippen LogP contribution is 2.28. The first-order valence-electron chi connectivity index (χ1n) is 10.8. The molecule has 0 amide bonds. The Labute approximate surface area is 174 Å². The standard InChI is InChI=1S/C23H31N3O2S/c1-19(25-14-16-26(17-15-25)21-6-3-2-4-7-21)20-9-11-22(12-10-20)29(27,28)23-8-5-13-24-18-23/h5,8-13,18-19,21H,2-4,6-7,14-17H2,1H3. The van der Waals surface area contributed by atoms with Gasteiger partial charge in [-0.2, -0.15) is 0 Å². The Balaban J connectivity index is 1.39. The van der Waals surface area contributed by atoms with Gasteiger partial charge >= 0.3 is 0 Å². The first-order chi connectivity index (χ1) is 14.1. The van der Waals surface area contributed by atoms with Crippen molar-refractivity contribution in [1.82, 2.24) is 14.8 Å². The minimum absolute atomic E-state index is 0.236. The van der Waals surface area contributed by atoms with E-state index in [-0.39, 0.29) is 4.90 Å². The quantitative estimate of drug-likeness (QED) is 0.743. The number of hydrogen-bond donors (Lipinski definition) is 0. The van der Waals surface area contributed by atoms with Crippen LogP contribution < -0.4 is 0 Å². The monoisotopic (exact) mass is 413 g/mol. The third kappa shape index (κ3) is 4.55. The second kappa shape index (κ2) is 8.94. The van der Waals surface area contributed by atoms with Crippen LogP contribution in [-0.4, -0.2) is 55.4 Å². The molecule has 6 heteroatoms. The summed E-state index contributed by atoms with van der Waals surface area (Å²) in [5.41, 5.74) is 1.17. The molecule has 1 aliphatic carbocycles. The Bertz CT molecular complexity index is 885. The predicted octanol–water partition coefficient (Wildman–Crippen LogP) is 3.93. The van der Waals surface area contributed by atoms with E-state index in [0.29, 0.717) is 10.9 Å². The van der Waals surface area contributed by atoms with E-state index < -0.39 is 9.84 Å². The van der Waals surface area contributed by atoms with Crippen LogP contribution in [0.2, 0.25) is 0 Å². The van der Waals surface area contributed by atoms with Gasteiger partial charge in [0.1, 0.15) is 0 Å². The molecule has 2 aromatic rings. The molecule has 29 heavy (non-hydrogen) atoms. The zero-order valence-electron chi connectivity index (χ0n) is 17.2. The summed E-state index contributed by atoms with van der Waals surface area (Å²) in [6, 6.07) is 11.7. The summed E-state index contributed by atoms with van der Waals surface area (Å²) in [4.78, 5) is 9.70. The third-order valence-corrected chi connectivity index (χ3v) is 8.36. The lowest BCUT2D eigenvalue weighted by Crippen LogP contribution is -2.51. The van der Waals surface area contributed by atoms with Crippen molar-refractivity contribution in [2.75, 3.05) is 26.2 Å². The van der Waals surface area contributed by atoms with E-state index in [1.807, 2.05) is 12.1 Å². The van der Waals surface area contributed by atoms with E-state index >= 15 is 0 Å². The van der Waals surface area contributed by atoms with Crippen LogP contribution in [0.15, 0.2) is 58.6 Å². The summed E-state index contributed by atoms with van der Waals surface area (Å²) < 4.78 is 25.5. The molecule has 0 N–H and O–H groups in total. The number of aromatic nitrogens is 1. The molecule has 1 saturated carbocycles. The molecule has 1 saturated heterocycles. The molecule has 2 fully saturated rings. The maximum absolute atomic E-state index is 12.7. The van der Waals surface area contributed by atoms with Crippen LogP contribution in [0.3, 0.4) is 0 Å². The largest absolute Gasteiger partial charge is 0.298 e. The van der Waals surface area contributed by atoms with Crippen molar-refractivity contribution in [3.8, 4) is 0 Å². The van der Waals surface area contributed by atoms with Gasteiger partial charge in [-0.05, 0) is 49.6 Å². The van der Waals surface area contributed by atoms with Gasteiger partial charge in [0.2, 0.25) is 9.84 Å². The lowest BCUT2D eigenvalue weighted by atomic mass is 9.93. The Kier molecular flexibility index (Phi) is 6.32. The minimum Gasteiger partial charge on any atom is -0.298 e. The van der Waals surface area contributed by atoms with Gasteiger partial charge in [-0.25, -0.2) is 8.42 Å². The van der Waals surface area contributed by atoms with E-state index in [1.165, 1.54) is 43.9 Å². The van der Waals surface area contributed by atoms with Crippen LogP contribution in [0.5, 0.6) is 0 Å². The molecule has 0 bridgehead atoms. The summed E-state index contributed by atoms with van der Waals surface area (Å²) in [7, 11) is -3.51. The molecule has 1 aliphatic heterocycles. The fourth-order valence-electron chi connectivity index (χ4n) is 4.71. The van der Waals surface area contributed by atoms with Crippen molar-refractivity contribution in [2.24, 2.45) is 0 Å². The zero-order valence-corrected chi connectivity index (χ0v) is 18.0. The van der Waals surface area contributed by atoms with Crippen molar-refractivity contribution in [3.63, 3.8) is 0 Å².